The topological polar surface area (TPSA) is 70.6 Å². The summed E-state index contributed by atoms with van der Waals surface area (Å²) in [4.78, 5) is 25.2. The molecule has 0 atom stereocenters. The minimum Gasteiger partial charge on any atom is -0.321 e. The summed E-state index contributed by atoms with van der Waals surface area (Å²) in [5.41, 5.74) is 6.26. The van der Waals surface area contributed by atoms with E-state index in [1.54, 1.807) is 25.1 Å². The lowest BCUT2D eigenvalue weighted by Gasteiger charge is -2.08. The van der Waals surface area contributed by atoms with Crippen molar-refractivity contribution in [3.8, 4) is 0 Å². The number of carbonyl (C=O) groups is 2. The number of thiophene rings is 1. The highest BCUT2D eigenvalue weighted by Crippen LogP contribution is 2.22. The van der Waals surface area contributed by atoms with Gasteiger partial charge < -0.3 is 5.32 Å². The van der Waals surface area contributed by atoms with Gasteiger partial charge in [0.15, 0.2) is 0 Å². The predicted molar refractivity (Wildman–Crippen MR) is 131 cm³/mol. The molecular formula is C23H21ClFN3O2S2. The third-order valence-corrected chi connectivity index (χ3v) is 6.81. The Morgan fingerprint density at radius 2 is 2.00 bits per heavy atom. The van der Waals surface area contributed by atoms with E-state index in [2.05, 4.69) is 15.8 Å². The molecule has 0 unspecified atom stereocenters. The van der Waals surface area contributed by atoms with E-state index in [0.29, 0.717) is 27.1 Å². The number of hydrogen-bond acceptors (Lipinski definition) is 5. The van der Waals surface area contributed by atoms with Gasteiger partial charge in [-0.05, 0) is 66.2 Å². The second-order valence-corrected chi connectivity index (χ2v) is 9.24. The van der Waals surface area contributed by atoms with Crippen LogP contribution in [0.5, 0.6) is 0 Å². The number of nitrogens with zero attached hydrogens (tertiary/aromatic N) is 1. The second-order valence-electron chi connectivity index (χ2n) is 6.93. The first-order valence-corrected chi connectivity index (χ1v) is 12.1. The predicted octanol–water partition coefficient (Wildman–Crippen LogP) is 5.87. The van der Waals surface area contributed by atoms with Gasteiger partial charge >= 0.3 is 0 Å². The number of aryl methyl sites for hydroxylation is 1. The summed E-state index contributed by atoms with van der Waals surface area (Å²) in [6, 6.07) is 13.4. The van der Waals surface area contributed by atoms with Gasteiger partial charge in [0.25, 0.3) is 5.91 Å². The number of benzene rings is 2. The molecule has 0 aliphatic heterocycles. The Morgan fingerprint density at radius 3 is 2.72 bits per heavy atom. The number of nitrogens with one attached hydrogen (secondary N) is 2. The van der Waals surface area contributed by atoms with Gasteiger partial charge in [-0.2, -0.15) is 5.10 Å². The molecule has 3 aromatic rings. The van der Waals surface area contributed by atoms with Gasteiger partial charge in [0.1, 0.15) is 5.82 Å². The van der Waals surface area contributed by atoms with E-state index in [1.165, 1.54) is 35.2 Å². The summed E-state index contributed by atoms with van der Waals surface area (Å²) in [5.74, 6) is -0.140. The van der Waals surface area contributed by atoms with Crippen LogP contribution in [0.2, 0.25) is 5.02 Å². The van der Waals surface area contributed by atoms with Gasteiger partial charge in [0.2, 0.25) is 5.91 Å². The number of halogens is 2. The van der Waals surface area contributed by atoms with Crippen LogP contribution in [0.1, 0.15) is 33.3 Å². The van der Waals surface area contributed by atoms with Crippen LogP contribution in [0, 0.1) is 12.7 Å². The number of carbonyl (C=O) groups excluding carboxylic acids is 2. The van der Waals surface area contributed by atoms with Crippen LogP contribution >= 0.6 is 34.7 Å². The second kappa shape index (κ2) is 11.3. The molecular weight excluding hydrogens is 469 g/mol. The maximum Gasteiger partial charge on any atom is 0.265 e. The van der Waals surface area contributed by atoms with Crippen molar-refractivity contribution in [3.63, 3.8) is 0 Å². The van der Waals surface area contributed by atoms with E-state index in [9.17, 15) is 14.0 Å². The molecule has 3 rings (SSSR count). The quantitative estimate of drug-likeness (QED) is 0.307. The first-order valence-electron chi connectivity index (χ1n) is 9.64. The third-order valence-electron chi connectivity index (χ3n) is 4.46. The Kier molecular flexibility index (Phi) is 8.44. The summed E-state index contributed by atoms with van der Waals surface area (Å²) < 4.78 is 13.1. The van der Waals surface area contributed by atoms with Gasteiger partial charge in [-0.3, -0.25) is 9.59 Å². The van der Waals surface area contributed by atoms with Gasteiger partial charge in [-0.25, -0.2) is 9.82 Å². The molecule has 5 nitrogen and oxygen atoms in total. The first kappa shape index (κ1) is 24.0. The molecule has 9 heteroatoms. The van der Waals surface area contributed by atoms with Crippen LogP contribution in [0.3, 0.4) is 0 Å². The lowest BCUT2D eigenvalue weighted by atomic mass is 10.1. The molecule has 1 heterocycles. The summed E-state index contributed by atoms with van der Waals surface area (Å²) in [7, 11) is 0. The van der Waals surface area contributed by atoms with E-state index in [0.717, 1.165) is 16.7 Å². The van der Waals surface area contributed by atoms with Crippen molar-refractivity contribution in [2.45, 2.75) is 19.6 Å². The molecule has 0 radical (unpaired) electrons. The maximum atomic E-state index is 13.1. The highest BCUT2D eigenvalue weighted by Gasteiger charge is 2.11. The van der Waals surface area contributed by atoms with E-state index >= 15 is 0 Å². The minimum absolute atomic E-state index is 0.157. The average Bonchev–Trinajstić information content (AvgIpc) is 3.20. The highest BCUT2D eigenvalue weighted by molar-refractivity contribution is 7.99. The molecule has 166 valence electrons. The van der Waals surface area contributed by atoms with Crippen molar-refractivity contribution >= 4 is 57.9 Å². The fourth-order valence-electron chi connectivity index (χ4n) is 2.75. The first-order chi connectivity index (χ1) is 15.3. The third kappa shape index (κ3) is 6.66. The average molecular weight is 490 g/mol. The summed E-state index contributed by atoms with van der Waals surface area (Å²) >= 11 is 8.75. The molecule has 0 saturated heterocycles. The summed E-state index contributed by atoms with van der Waals surface area (Å²) in [6.45, 7) is 3.67. The molecule has 0 bridgehead atoms. The van der Waals surface area contributed by atoms with Crippen molar-refractivity contribution in [2.75, 3.05) is 11.1 Å². The Labute approximate surface area is 199 Å². The normalized spacial score (nSPS) is 11.3. The fourth-order valence-corrected chi connectivity index (χ4v) is 4.71. The minimum atomic E-state index is -0.392. The highest BCUT2D eigenvalue weighted by atomic mass is 35.5. The van der Waals surface area contributed by atoms with Crippen molar-refractivity contribution < 1.29 is 14.0 Å². The van der Waals surface area contributed by atoms with E-state index in [1.807, 2.05) is 30.5 Å². The molecule has 2 aromatic carbocycles. The van der Waals surface area contributed by atoms with Crippen LogP contribution in [0.15, 0.2) is 59.0 Å². The molecule has 0 aliphatic rings. The van der Waals surface area contributed by atoms with Crippen molar-refractivity contribution in [2.24, 2.45) is 5.10 Å². The number of anilines is 1. The van der Waals surface area contributed by atoms with Crippen LogP contribution in [0.25, 0.3) is 0 Å². The lowest BCUT2D eigenvalue weighted by Crippen LogP contribution is -2.21. The maximum absolute atomic E-state index is 13.1. The molecule has 0 spiro atoms. The Morgan fingerprint density at radius 1 is 1.19 bits per heavy atom. The summed E-state index contributed by atoms with van der Waals surface area (Å²) in [6.07, 6.45) is 0. The molecule has 1 aromatic heterocycles. The molecule has 32 heavy (non-hydrogen) atoms. The monoisotopic (exact) mass is 489 g/mol. The molecule has 0 aliphatic carbocycles. The van der Waals surface area contributed by atoms with Gasteiger partial charge in [0.05, 0.1) is 16.3 Å². The molecule has 0 fully saturated rings. The molecule has 2 amide bonds. The largest absolute Gasteiger partial charge is 0.321 e. The number of rotatable bonds is 8. The summed E-state index contributed by atoms with van der Waals surface area (Å²) in [5, 5.41) is 9.26. The van der Waals surface area contributed by atoms with E-state index in [4.69, 9.17) is 11.6 Å². The zero-order chi connectivity index (χ0) is 23.1. The van der Waals surface area contributed by atoms with Crippen LogP contribution in [-0.2, 0) is 10.5 Å². The van der Waals surface area contributed by atoms with Gasteiger partial charge in [-0.1, -0.05) is 29.8 Å². The zero-order valence-corrected chi connectivity index (χ0v) is 19.8. The van der Waals surface area contributed by atoms with Gasteiger partial charge in [0, 0.05) is 16.5 Å². The Balaban J connectivity index is 1.52. The number of hydrogen-bond donors (Lipinski definition) is 2. The lowest BCUT2D eigenvalue weighted by molar-refractivity contribution is -0.118. The smallest absolute Gasteiger partial charge is 0.265 e. The van der Waals surface area contributed by atoms with Crippen LogP contribution < -0.4 is 10.7 Å². The SMILES string of the molecule is C/C(=N/NC(=O)CSCc1ccc(F)cc1Cl)c1cccc(NC(=O)c2sccc2C)c1. The number of hydrazone groups is 1. The molecule has 2 N–H and O–H groups in total. The van der Waals surface area contributed by atoms with E-state index in [-0.39, 0.29) is 17.6 Å². The molecule has 0 saturated carbocycles. The zero-order valence-electron chi connectivity index (χ0n) is 17.4. The van der Waals surface area contributed by atoms with Crippen LogP contribution in [0.4, 0.5) is 10.1 Å². The number of thioether (sulfide) groups is 1. The van der Waals surface area contributed by atoms with Crippen molar-refractivity contribution in [1.82, 2.24) is 5.43 Å². The van der Waals surface area contributed by atoms with Crippen molar-refractivity contribution in [1.29, 1.82) is 0 Å². The van der Waals surface area contributed by atoms with E-state index < -0.39 is 5.82 Å². The fraction of sp³-hybridized carbons (Fsp3) is 0.174. The van der Waals surface area contributed by atoms with Gasteiger partial charge in [-0.15, -0.1) is 23.1 Å². The number of amides is 2. The Hall–Kier alpha value is -2.68. The Bertz CT molecular complexity index is 1160. The standard InChI is InChI=1S/C23H21ClFN3O2S2/c1-14-8-9-32-22(14)23(30)26-19-5-3-4-16(10-19)15(2)27-28-21(29)13-31-12-17-6-7-18(25)11-20(17)24/h3-11H,12-13H2,1-2H3,(H,26,30)(H,28,29)/b27-15-. The van der Waals surface area contributed by atoms with Crippen LogP contribution in [-0.4, -0.2) is 23.3 Å². The van der Waals surface area contributed by atoms with Crippen molar-refractivity contribution in [3.05, 3.63) is 86.3 Å².